The van der Waals surface area contributed by atoms with Crippen LogP contribution in [0.5, 0.6) is 0 Å². The van der Waals surface area contributed by atoms with Gasteiger partial charge in [-0.3, -0.25) is 0 Å². The van der Waals surface area contributed by atoms with E-state index in [2.05, 4.69) is 10.1 Å². The van der Waals surface area contributed by atoms with Crippen molar-refractivity contribution in [3.8, 4) is 11.5 Å². The van der Waals surface area contributed by atoms with Gasteiger partial charge in [-0.2, -0.15) is 4.98 Å². The third kappa shape index (κ3) is 2.97. The molecule has 1 aromatic heterocycles. The summed E-state index contributed by atoms with van der Waals surface area (Å²) in [6.45, 7) is 1.88. The molecule has 0 spiro atoms. The number of hydrogen-bond acceptors (Lipinski definition) is 4. The maximum Gasteiger partial charge on any atom is 0.259 e. The number of halogens is 2. The molecule has 2 aromatic rings. The molecule has 0 bridgehead atoms. The molecular weight excluding hydrogens is 261 g/mol. The van der Waals surface area contributed by atoms with E-state index in [9.17, 15) is 0 Å². The predicted molar refractivity (Wildman–Crippen MR) is 67.1 cm³/mol. The Balaban J connectivity index is 2.30. The summed E-state index contributed by atoms with van der Waals surface area (Å²) in [7, 11) is 0. The molecule has 1 atom stereocenters. The first-order valence-corrected chi connectivity index (χ1v) is 5.85. The fourth-order valence-electron chi connectivity index (χ4n) is 1.40. The van der Waals surface area contributed by atoms with Crippen LogP contribution in [0.1, 0.15) is 12.7 Å². The average Bonchev–Trinajstić information content (AvgIpc) is 2.65. The van der Waals surface area contributed by atoms with Crippen molar-refractivity contribution >= 4 is 23.2 Å². The van der Waals surface area contributed by atoms with Crippen molar-refractivity contribution in [2.24, 2.45) is 5.73 Å². The number of hydrogen-bond donors (Lipinski definition) is 1. The molecule has 0 radical (unpaired) electrons. The maximum atomic E-state index is 6.04. The lowest BCUT2D eigenvalue weighted by Crippen LogP contribution is -2.18. The summed E-state index contributed by atoms with van der Waals surface area (Å²) in [4.78, 5) is 4.23. The highest BCUT2D eigenvalue weighted by atomic mass is 35.5. The lowest BCUT2D eigenvalue weighted by Gasteiger charge is -1.99. The molecule has 2 rings (SSSR count). The summed E-state index contributed by atoms with van der Waals surface area (Å²) in [5.41, 5.74) is 6.32. The first kappa shape index (κ1) is 12.4. The molecule has 1 unspecified atom stereocenters. The van der Waals surface area contributed by atoms with Crippen LogP contribution in [0.15, 0.2) is 22.7 Å². The molecule has 0 saturated carbocycles. The zero-order chi connectivity index (χ0) is 12.4. The van der Waals surface area contributed by atoms with Crippen LogP contribution in [0.25, 0.3) is 11.5 Å². The van der Waals surface area contributed by atoms with Crippen molar-refractivity contribution in [2.45, 2.75) is 19.4 Å². The molecule has 17 heavy (non-hydrogen) atoms. The van der Waals surface area contributed by atoms with E-state index in [1.54, 1.807) is 18.2 Å². The van der Waals surface area contributed by atoms with Crippen molar-refractivity contribution in [3.63, 3.8) is 0 Å². The Morgan fingerprint density at radius 1 is 1.41 bits per heavy atom. The van der Waals surface area contributed by atoms with Gasteiger partial charge < -0.3 is 10.3 Å². The molecule has 0 aliphatic heterocycles. The smallest absolute Gasteiger partial charge is 0.259 e. The van der Waals surface area contributed by atoms with Gasteiger partial charge in [-0.05, 0) is 25.1 Å². The second-order valence-corrected chi connectivity index (χ2v) is 4.66. The van der Waals surface area contributed by atoms with Gasteiger partial charge in [0.2, 0.25) is 0 Å². The standard InChI is InChI=1S/C11H11Cl2N3O/c1-6(14)4-10-15-11(17-16-10)8-3-2-7(12)5-9(8)13/h2-3,5-6H,4,14H2,1H3. The van der Waals surface area contributed by atoms with Gasteiger partial charge in [0, 0.05) is 17.5 Å². The molecular formula is C11H11Cl2N3O. The first-order valence-electron chi connectivity index (χ1n) is 5.10. The highest BCUT2D eigenvalue weighted by Gasteiger charge is 2.13. The van der Waals surface area contributed by atoms with Crippen LogP contribution in [0.4, 0.5) is 0 Å². The number of aromatic nitrogens is 2. The van der Waals surface area contributed by atoms with Gasteiger partial charge in [0.05, 0.1) is 10.6 Å². The minimum atomic E-state index is -0.0128. The monoisotopic (exact) mass is 271 g/mol. The van der Waals surface area contributed by atoms with Crippen LogP contribution < -0.4 is 5.73 Å². The number of nitrogens with zero attached hydrogens (tertiary/aromatic N) is 2. The van der Waals surface area contributed by atoms with Crippen LogP contribution in [0.3, 0.4) is 0 Å². The van der Waals surface area contributed by atoms with Crippen molar-refractivity contribution in [1.29, 1.82) is 0 Å². The predicted octanol–water partition coefficient (Wildman–Crippen LogP) is 2.93. The van der Waals surface area contributed by atoms with E-state index in [4.69, 9.17) is 33.5 Å². The summed E-state index contributed by atoms with van der Waals surface area (Å²) in [6, 6.07) is 5.08. The zero-order valence-corrected chi connectivity index (χ0v) is 10.7. The lowest BCUT2D eigenvalue weighted by atomic mass is 10.2. The van der Waals surface area contributed by atoms with Gasteiger partial charge in [-0.15, -0.1) is 0 Å². The van der Waals surface area contributed by atoms with E-state index in [1.165, 1.54) is 0 Å². The summed E-state index contributed by atoms with van der Waals surface area (Å²) < 4.78 is 5.13. The van der Waals surface area contributed by atoms with E-state index in [-0.39, 0.29) is 6.04 Å². The number of rotatable bonds is 3. The van der Waals surface area contributed by atoms with E-state index in [0.29, 0.717) is 33.7 Å². The summed E-state index contributed by atoms with van der Waals surface area (Å²) in [5, 5.41) is 4.88. The van der Waals surface area contributed by atoms with Gasteiger partial charge in [0.25, 0.3) is 5.89 Å². The number of nitrogens with two attached hydrogens (primary N) is 1. The fourth-order valence-corrected chi connectivity index (χ4v) is 1.89. The molecule has 0 saturated heterocycles. The zero-order valence-electron chi connectivity index (χ0n) is 9.15. The second kappa shape index (κ2) is 5.04. The Morgan fingerprint density at radius 2 is 2.18 bits per heavy atom. The van der Waals surface area contributed by atoms with Crippen LogP contribution in [-0.2, 0) is 6.42 Å². The van der Waals surface area contributed by atoms with Crippen molar-refractivity contribution in [2.75, 3.05) is 0 Å². The van der Waals surface area contributed by atoms with Crippen LogP contribution in [0.2, 0.25) is 10.0 Å². The van der Waals surface area contributed by atoms with Crippen molar-refractivity contribution in [1.82, 2.24) is 10.1 Å². The average molecular weight is 272 g/mol. The molecule has 0 fully saturated rings. The largest absolute Gasteiger partial charge is 0.334 e. The van der Waals surface area contributed by atoms with Crippen molar-refractivity contribution in [3.05, 3.63) is 34.1 Å². The van der Waals surface area contributed by atoms with Crippen LogP contribution in [-0.4, -0.2) is 16.2 Å². The minimum absolute atomic E-state index is 0.0128. The van der Waals surface area contributed by atoms with Gasteiger partial charge in [0.15, 0.2) is 5.82 Å². The quantitative estimate of drug-likeness (QED) is 0.932. The van der Waals surface area contributed by atoms with Crippen LogP contribution >= 0.6 is 23.2 Å². The Labute approximate surface area is 109 Å². The summed E-state index contributed by atoms with van der Waals surface area (Å²) in [6.07, 6.45) is 0.564. The molecule has 0 amide bonds. The molecule has 1 aromatic carbocycles. The van der Waals surface area contributed by atoms with Gasteiger partial charge in [0.1, 0.15) is 0 Å². The molecule has 0 aliphatic rings. The Kier molecular flexibility index (Phi) is 3.66. The van der Waals surface area contributed by atoms with Gasteiger partial charge in [-0.1, -0.05) is 28.4 Å². The Morgan fingerprint density at radius 3 is 2.82 bits per heavy atom. The van der Waals surface area contributed by atoms with E-state index in [1.807, 2.05) is 6.92 Å². The number of benzene rings is 1. The normalized spacial score (nSPS) is 12.7. The molecule has 6 heteroatoms. The molecule has 90 valence electrons. The molecule has 4 nitrogen and oxygen atoms in total. The summed E-state index contributed by atoms with van der Waals surface area (Å²) in [5.74, 6) is 0.948. The highest BCUT2D eigenvalue weighted by Crippen LogP contribution is 2.29. The minimum Gasteiger partial charge on any atom is -0.334 e. The molecule has 0 aliphatic carbocycles. The van der Waals surface area contributed by atoms with Gasteiger partial charge >= 0.3 is 0 Å². The van der Waals surface area contributed by atoms with Gasteiger partial charge in [-0.25, -0.2) is 0 Å². The fraction of sp³-hybridized carbons (Fsp3) is 0.273. The first-order chi connectivity index (χ1) is 8.06. The third-order valence-electron chi connectivity index (χ3n) is 2.13. The maximum absolute atomic E-state index is 6.04. The van der Waals surface area contributed by atoms with E-state index < -0.39 is 0 Å². The van der Waals surface area contributed by atoms with Crippen molar-refractivity contribution < 1.29 is 4.52 Å². The molecule has 1 heterocycles. The van der Waals surface area contributed by atoms with E-state index >= 15 is 0 Å². The highest BCUT2D eigenvalue weighted by molar-refractivity contribution is 6.36. The third-order valence-corrected chi connectivity index (χ3v) is 2.68. The molecule has 2 N–H and O–H groups in total. The lowest BCUT2D eigenvalue weighted by molar-refractivity contribution is 0.420. The van der Waals surface area contributed by atoms with E-state index in [0.717, 1.165) is 0 Å². The topological polar surface area (TPSA) is 64.9 Å². The second-order valence-electron chi connectivity index (χ2n) is 3.82. The Hall–Kier alpha value is -1.10. The Bertz CT molecular complexity index is 525. The summed E-state index contributed by atoms with van der Waals surface area (Å²) >= 11 is 11.9. The van der Waals surface area contributed by atoms with Crippen LogP contribution in [0, 0.1) is 0 Å². The SMILES string of the molecule is CC(N)Cc1noc(-c2ccc(Cl)cc2Cl)n1.